The maximum Gasteiger partial charge on any atom is 0.303 e. The molecule has 0 fully saturated rings. The monoisotopic (exact) mass is 398 g/mol. The summed E-state index contributed by atoms with van der Waals surface area (Å²) < 4.78 is 1.57. The van der Waals surface area contributed by atoms with Crippen molar-refractivity contribution in [2.75, 3.05) is 0 Å². The molecule has 8 nitrogen and oxygen atoms in total. The number of nitrogens with one attached hydrogen (secondary N) is 1. The lowest BCUT2D eigenvalue weighted by molar-refractivity contribution is -0.136. The van der Waals surface area contributed by atoms with Crippen molar-refractivity contribution in [2.24, 2.45) is 5.10 Å². The van der Waals surface area contributed by atoms with Crippen molar-refractivity contribution in [3.63, 3.8) is 0 Å². The van der Waals surface area contributed by atoms with Crippen LogP contribution in [-0.4, -0.2) is 37.3 Å². The Morgan fingerprint density at radius 2 is 2.26 bits per heavy atom. The molecule has 0 saturated carbocycles. The lowest BCUT2D eigenvalue weighted by Gasteiger charge is -2.03. The van der Waals surface area contributed by atoms with E-state index in [0.29, 0.717) is 5.56 Å². The van der Waals surface area contributed by atoms with Gasteiger partial charge in [-0.3, -0.25) is 14.7 Å². The molecule has 0 amide bonds. The van der Waals surface area contributed by atoms with Gasteiger partial charge in [0.1, 0.15) is 11.4 Å². The van der Waals surface area contributed by atoms with E-state index in [-0.39, 0.29) is 29.1 Å². The molecular formula is C13H11BrN4O4S. The number of hydrogen-bond acceptors (Lipinski definition) is 6. The number of carboxylic acids is 1. The second-order valence-electron chi connectivity index (χ2n) is 4.43. The molecule has 1 aromatic carbocycles. The average molecular weight is 399 g/mol. The number of aromatic nitrogens is 3. The van der Waals surface area contributed by atoms with Crippen LogP contribution < -0.4 is 5.56 Å². The number of carboxylic acid groups (broad SMARTS) is 1. The number of phenolic OH excluding ortho intramolecular Hbond substituents is 1. The van der Waals surface area contributed by atoms with E-state index in [4.69, 9.17) is 17.3 Å². The fourth-order valence-electron chi connectivity index (χ4n) is 1.67. The third kappa shape index (κ3) is 4.33. The van der Waals surface area contributed by atoms with E-state index in [1.165, 1.54) is 12.3 Å². The van der Waals surface area contributed by atoms with Gasteiger partial charge in [-0.2, -0.15) is 14.9 Å². The summed E-state index contributed by atoms with van der Waals surface area (Å²) in [5.41, 5.74) is -0.220. The highest BCUT2D eigenvalue weighted by Gasteiger charge is 2.09. The van der Waals surface area contributed by atoms with Crippen LogP contribution in [0.3, 0.4) is 0 Å². The number of carbonyl (C=O) groups is 1. The molecule has 23 heavy (non-hydrogen) atoms. The number of benzene rings is 1. The first kappa shape index (κ1) is 17.0. The van der Waals surface area contributed by atoms with Gasteiger partial charge in [0.2, 0.25) is 4.77 Å². The minimum atomic E-state index is -1.04. The van der Waals surface area contributed by atoms with E-state index in [1.807, 2.05) is 0 Å². The number of aliphatic carboxylic acids is 1. The van der Waals surface area contributed by atoms with Crippen LogP contribution in [0.25, 0.3) is 0 Å². The van der Waals surface area contributed by atoms with Crippen molar-refractivity contribution in [3.8, 4) is 5.75 Å². The Hall–Kier alpha value is -2.33. The average Bonchev–Trinajstić information content (AvgIpc) is 2.49. The van der Waals surface area contributed by atoms with E-state index < -0.39 is 11.5 Å². The summed E-state index contributed by atoms with van der Waals surface area (Å²) in [6.07, 6.45) is 0.993. The number of rotatable bonds is 5. The van der Waals surface area contributed by atoms with Gasteiger partial charge in [-0.25, -0.2) is 0 Å². The molecule has 3 N–H and O–H groups in total. The highest BCUT2D eigenvalue weighted by molar-refractivity contribution is 9.10. The van der Waals surface area contributed by atoms with E-state index in [0.717, 1.165) is 9.15 Å². The molecule has 0 bridgehead atoms. The first-order chi connectivity index (χ1) is 10.9. The highest BCUT2D eigenvalue weighted by Crippen LogP contribution is 2.20. The Bertz CT molecular complexity index is 890. The Kier molecular flexibility index (Phi) is 5.40. The Labute approximate surface area is 143 Å². The summed E-state index contributed by atoms with van der Waals surface area (Å²) in [4.78, 5) is 22.8. The van der Waals surface area contributed by atoms with Gasteiger partial charge in [0, 0.05) is 16.5 Å². The number of nitrogens with zero attached hydrogens (tertiary/aromatic N) is 3. The lowest BCUT2D eigenvalue weighted by atomic mass is 10.2. The molecule has 0 aliphatic heterocycles. The molecule has 0 saturated heterocycles. The van der Waals surface area contributed by atoms with Gasteiger partial charge >= 0.3 is 5.97 Å². The fourth-order valence-corrected chi connectivity index (χ4v) is 2.22. The molecular weight excluding hydrogens is 388 g/mol. The van der Waals surface area contributed by atoms with Crippen LogP contribution in [-0.2, 0) is 11.2 Å². The van der Waals surface area contributed by atoms with E-state index in [9.17, 15) is 14.7 Å². The van der Waals surface area contributed by atoms with Crippen LogP contribution >= 0.6 is 28.1 Å². The zero-order chi connectivity index (χ0) is 17.0. The summed E-state index contributed by atoms with van der Waals surface area (Å²) in [6, 6.07) is 4.74. The van der Waals surface area contributed by atoms with Gasteiger partial charge in [-0.1, -0.05) is 15.9 Å². The number of H-pyrrole nitrogens is 1. The van der Waals surface area contributed by atoms with Crippen molar-refractivity contribution in [1.82, 2.24) is 14.9 Å². The minimum Gasteiger partial charge on any atom is -0.507 e. The van der Waals surface area contributed by atoms with Crippen LogP contribution in [0, 0.1) is 4.77 Å². The van der Waals surface area contributed by atoms with Gasteiger partial charge in [0.05, 0.1) is 12.6 Å². The second-order valence-corrected chi connectivity index (χ2v) is 5.74. The van der Waals surface area contributed by atoms with Crippen molar-refractivity contribution in [3.05, 3.63) is 49.1 Å². The molecule has 0 spiro atoms. The number of aryl methyl sites for hydroxylation is 1. The Balaban J connectivity index is 2.39. The maximum atomic E-state index is 12.2. The molecule has 10 heteroatoms. The van der Waals surface area contributed by atoms with Crippen LogP contribution in [0.2, 0.25) is 0 Å². The van der Waals surface area contributed by atoms with Crippen LogP contribution in [0.1, 0.15) is 17.7 Å². The molecule has 0 aliphatic carbocycles. The topological polar surface area (TPSA) is 121 Å². The van der Waals surface area contributed by atoms with Gasteiger partial charge < -0.3 is 10.2 Å². The predicted octanol–water partition coefficient (Wildman–Crippen LogP) is 1.67. The molecule has 2 aromatic rings. The lowest BCUT2D eigenvalue weighted by Crippen LogP contribution is -2.25. The largest absolute Gasteiger partial charge is 0.507 e. The molecule has 1 aromatic heterocycles. The second kappa shape index (κ2) is 7.29. The standard InChI is InChI=1S/C13H11BrN4O4S/c14-8-1-3-10(19)7(5-8)6-15-18-12(22)9(2-4-11(20)21)16-17-13(18)23/h1,3,5-6,19H,2,4H2,(H,17,23)(H,20,21)/b15-6-. The molecule has 120 valence electrons. The first-order valence-corrected chi connectivity index (χ1v) is 7.54. The van der Waals surface area contributed by atoms with Gasteiger partial charge in [0.15, 0.2) is 0 Å². The van der Waals surface area contributed by atoms with Crippen LogP contribution in [0.4, 0.5) is 0 Å². The van der Waals surface area contributed by atoms with E-state index in [1.54, 1.807) is 12.1 Å². The van der Waals surface area contributed by atoms with Crippen LogP contribution in [0.15, 0.2) is 32.6 Å². The van der Waals surface area contributed by atoms with Crippen LogP contribution in [0.5, 0.6) is 5.75 Å². The molecule has 1 heterocycles. The Morgan fingerprint density at radius 1 is 1.52 bits per heavy atom. The van der Waals surface area contributed by atoms with Gasteiger partial charge in [-0.05, 0) is 30.4 Å². The number of aromatic hydroxyl groups is 1. The SMILES string of the molecule is O=C(O)CCc1n[nH]c(=S)n(/N=C\c2cc(Br)ccc2O)c1=O. The van der Waals surface area contributed by atoms with Crippen molar-refractivity contribution < 1.29 is 15.0 Å². The first-order valence-electron chi connectivity index (χ1n) is 6.34. The Morgan fingerprint density at radius 3 is 2.96 bits per heavy atom. The van der Waals surface area contributed by atoms with Crippen molar-refractivity contribution >= 4 is 40.3 Å². The molecule has 0 unspecified atom stereocenters. The summed E-state index contributed by atoms with van der Waals surface area (Å²) >= 11 is 8.22. The molecule has 0 aliphatic rings. The molecule has 0 radical (unpaired) electrons. The van der Waals surface area contributed by atoms with E-state index in [2.05, 4.69) is 31.2 Å². The predicted molar refractivity (Wildman–Crippen MR) is 88.4 cm³/mol. The maximum absolute atomic E-state index is 12.2. The van der Waals surface area contributed by atoms with E-state index >= 15 is 0 Å². The quantitative estimate of drug-likeness (QED) is 0.520. The fraction of sp³-hybridized carbons (Fsp3) is 0.154. The third-order valence-corrected chi connectivity index (χ3v) is 3.55. The number of halogens is 1. The third-order valence-electron chi connectivity index (χ3n) is 2.80. The summed E-state index contributed by atoms with van der Waals surface area (Å²) in [5, 5.41) is 28.5. The normalized spacial score (nSPS) is 11.0. The zero-order valence-electron chi connectivity index (χ0n) is 11.6. The molecule has 0 atom stereocenters. The minimum absolute atomic E-state index is 0.0108. The van der Waals surface area contributed by atoms with Gasteiger partial charge in [-0.15, -0.1) is 0 Å². The summed E-state index contributed by atoms with van der Waals surface area (Å²) in [7, 11) is 0. The van der Waals surface area contributed by atoms with Gasteiger partial charge in [0.25, 0.3) is 5.56 Å². The smallest absolute Gasteiger partial charge is 0.303 e. The number of aromatic amines is 1. The number of hydrogen-bond donors (Lipinski definition) is 3. The summed E-state index contributed by atoms with van der Waals surface area (Å²) in [6.45, 7) is 0. The van der Waals surface area contributed by atoms with Crippen molar-refractivity contribution in [1.29, 1.82) is 0 Å². The zero-order valence-corrected chi connectivity index (χ0v) is 14.0. The highest BCUT2D eigenvalue weighted by atomic mass is 79.9. The molecule has 2 rings (SSSR count). The van der Waals surface area contributed by atoms with Crippen molar-refractivity contribution in [2.45, 2.75) is 12.8 Å². The number of phenols is 1. The summed E-state index contributed by atoms with van der Waals surface area (Å²) in [5.74, 6) is -1.05.